The van der Waals surface area contributed by atoms with Gasteiger partial charge in [0.2, 0.25) is 0 Å². The quantitative estimate of drug-likeness (QED) is 0.889. The van der Waals surface area contributed by atoms with Crippen LogP contribution in [0.5, 0.6) is 5.75 Å². The van der Waals surface area contributed by atoms with E-state index in [9.17, 15) is 9.90 Å². The Labute approximate surface area is 96.9 Å². The van der Waals surface area contributed by atoms with Crippen molar-refractivity contribution in [2.45, 2.75) is 26.2 Å². The van der Waals surface area contributed by atoms with Crippen molar-refractivity contribution in [3.63, 3.8) is 0 Å². The number of rotatable bonds is 3. The molecule has 4 heteroatoms. The van der Waals surface area contributed by atoms with Gasteiger partial charge in [0.05, 0.1) is 10.9 Å². The summed E-state index contributed by atoms with van der Waals surface area (Å²) in [5, 5.41) is 18.2. The summed E-state index contributed by atoms with van der Waals surface area (Å²) in [5.74, 6) is -0.663. The van der Waals surface area contributed by atoms with Crippen LogP contribution in [0.4, 0.5) is 0 Å². The summed E-state index contributed by atoms with van der Waals surface area (Å²) in [6.45, 7) is 3.64. The Balaban J connectivity index is 3.00. The lowest BCUT2D eigenvalue weighted by Crippen LogP contribution is -2.03. The van der Waals surface area contributed by atoms with E-state index in [0.717, 1.165) is 11.1 Å². The van der Waals surface area contributed by atoms with Crippen molar-refractivity contribution >= 4 is 21.9 Å². The van der Waals surface area contributed by atoms with Crippen LogP contribution in [-0.4, -0.2) is 16.2 Å². The molecule has 1 rings (SSSR count). The highest BCUT2D eigenvalue weighted by Gasteiger charge is 2.13. The molecule has 1 aromatic rings. The van der Waals surface area contributed by atoms with Crippen molar-refractivity contribution in [1.29, 1.82) is 0 Å². The van der Waals surface area contributed by atoms with E-state index in [1.54, 1.807) is 13.0 Å². The number of phenols is 1. The van der Waals surface area contributed by atoms with Gasteiger partial charge < -0.3 is 10.2 Å². The SMILES string of the molecule is Cc1cc(C(C)CC(=O)O)cc(Br)c1O. The minimum absolute atomic E-state index is 0.0573. The smallest absolute Gasteiger partial charge is 0.303 e. The van der Waals surface area contributed by atoms with Crippen molar-refractivity contribution in [3.05, 3.63) is 27.7 Å². The molecule has 0 amide bonds. The third-order valence-electron chi connectivity index (χ3n) is 2.33. The summed E-state index contributed by atoms with van der Waals surface area (Å²) in [6.07, 6.45) is 0.0939. The van der Waals surface area contributed by atoms with E-state index in [4.69, 9.17) is 5.11 Å². The van der Waals surface area contributed by atoms with Crippen LogP contribution >= 0.6 is 15.9 Å². The molecule has 3 nitrogen and oxygen atoms in total. The second-order valence-electron chi connectivity index (χ2n) is 3.67. The number of carboxylic acids is 1. The first-order valence-corrected chi connectivity index (χ1v) is 5.42. The van der Waals surface area contributed by atoms with Crippen LogP contribution in [0.2, 0.25) is 0 Å². The average Bonchev–Trinajstić information content (AvgIpc) is 2.12. The maximum absolute atomic E-state index is 10.6. The second kappa shape index (κ2) is 4.66. The van der Waals surface area contributed by atoms with Crippen LogP contribution in [0, 0.1) is 6.92 Å². The highest BCUT2D eigenvalue weighted by Crippen LogP contribution is 2.32. The number of aliphatic carboxylic acids is 1. The Morgan fingerprint density at radius 2 is 2.13 bits per heavy atom. The van der Waals surface area contributed by atoms with Gasteiger partial charge in [0.15, 0.2) is 0 Å². The van der Waals surface area contributed by atoms with Crippen LogP contribution in [0.1, 0.15) is 30.4 Å². The van der Waals surface area contributed by atoms with Crippen molar-refractivity contribution in [2.24, 2.45) is 0 Å². The van der Waals surface area contributed by atoms with Crippen molar-refractivity contribution < 1.29 is 15.0 Å². The Kier molecular flexibility index (Phi) is 3.74. The van der Waals surface area contributed by atoms with Crippen molar-refractivity contribution in [2.75, 3.05) is 0 Å². The Morgan fingerprint density at radius 1 is 1.53 bits per heavy atom. The molecule has 0 fully saturated rings. The summed E-state index contributed by atoms with van der Waals surface area (Å²) in [4.78, 5) is 10.6. The van der Waals surface area contributed by atoms with E-state index in [1.807, 2.05) is 13.0 Å². The van der Waals surface area contributed by atoms with Crippen LogP contribution in [0.3, 0.4) is 0 Å². The summed E-state index contributed by atoms with van der Waals surface area (Å²) in [6, 6.07) is 3.57. The zero-order chi connectivity index (χ0) is 11.6. The van der Waals surface area contributed by atoms with Crippen LogP contribution in [-0.2, 0) is 4.79 Å². The molecular formula is C11H13BrO3. The lowest BCUT2D eigenvalue weighted by Gasteiger charge is -2.12. The number of benzene rings is 1. The first-order valence-electron chi connectivity index (χ1n) is 4.62. The molecule has 0 aliphatic carbocycles. The molecule has 0 spiro atoms. The van der Waals surface area contributed by atoms with E-state index in [2.05, 4.69) is 15.9 Å². The Morgan fingerprint density at radius 3 is 2.60 bits per heavy atom. The molecule has 1 aromatic carbocycles. The lowest BCUT2D eigenvalue weighted by molar-refractivity contribution is -0.137. The minimum atomic E-state index is -0.815. The first-order chi connectivity index (χ1) is 6.91. The Bertz CT molecular complexity index is 364. The zero-order valence-electron chi connectivity index (χ0n) is 8.62. The number of aryl methyl sites for hydroxylation is 1. The number of hydrogen-bond donors (Lipinski definition) is 2. The standard InChI is InChI=1S/C11H13BrO3/c1-6(4-10(13)14)8-3-7(2)11(15)9(12)5-8/h3,5-6,15H,4H2,1-2H3,(H,13,14). The van der Waals surface area contributed by atoms with Crippen molar-refractivity contribution in [3.8, 4) is 5.75 Å². The van der Waals surface area contributed by atoms with E-state index in [0.29, 0.717) is 4.47 Å². The van der Waals surface area contributed by atoms with Gasteiger partial charge in [-0.05, 0) is 46.0 Å². The summed E-state index contributed by atoms with van der Waals surface area (Å²) < 4.78 is 0.606. The van der Waals surface area contributed by atoms with Gasteiger partial charge in [-0.25, -0.2) is 0 Å². The van der Waals surface area contributed by atoms with E-state index in [1.165, 1.54) is 0 Å². The summed E-state index contributed by atoms with van der Waals surface area (Å²) >= 11 is 3.23. The fraction of sp³-hybridized carbons (Fsp3) is 0.364. The van der Waals surface area contributed by atoms with Gasteiger partial charge in [0.1, 0.15) is 5.75 Å². The van der Waals surface area contributed by atoms with Gasteiger partial charge in [-0.15, -0.1) is 0 Å². The largest absolute Gasteiger partial charge is 0.506 e. The normalized spacial score (nSPS) is 12.5. The monoisotopic (exact) mass is 272 g/mol. The van der Waals surface area contributed by atoms with E-state index >= 15 is 0 Å². The minimum Gasteiger partial charge on any atom is -0.506 e. The molecule has 0 bridgehead atoms. The van der Waals surface area contributed by atoms with Crippen LogP contribution in [0.25, 0.3) is 0 Å². The fourth-order valence-corrected chi connectivity index (χ4v) is 2.00. The fourth-order valence-electron chi connectivity index (χ4n) is 1.43. The highest BCUT2D eigenvalue weighted by molar-refractivity contribution is 9.10. The zero-order valence-corrected chi connectivity index (χ0v) is 10.2. The van der Waals surface area contributed by atoms with Gasteiger partial charge >= 0.3 is 5.97 Å². The number of phenolic OH excluding ortho intramolecular Hbond substituents is 1. The molecule has 0 saturated carbocycles. The molecule has 0 radical (unpaired) electrons. The molecule has 0 aliphatic heterocycles. The third-order valence-corrected chi connectivity index (χ3v) is 2.93. The van der Waals surface area contributed by atoms with Crippen LogP contribution in [0.15, 0.2) is 16.6 Å². The van der Waals surface area contributed by atoms with Gasteiger partial charge in [-0.3, -0.25) is 4.79 Å². The maximum Gasteiger partial charge on any atom is 0.303 e. The summed E-state index contributed by atoms with van der Waals surface area (Å²) in [5.41, 5.74) is 1.66. The van der Waals surface area contributed by atoms with Gasteiger partial charge in [-0.1, -0.05) is 13.0 Å². The molecule has 1 unspecified atom stereocenters. The average molecular weight is 273 g/mol. The third kappa shape index (κ3) is 2.96. The van der Waals surface area contributed by atoms with Crippen LogP contribution < -0.4 is 0 Å². The Hall–Kier alpha value is -1.03. The highest BCUT2D eigenvalue weighted by atomic mass is 79.9. The number of halogens is 1. The molecular weight excluding hydrogens is 260 g/mol. The topological polar surface area (TPSA) is 57.5 Å². The second-order valence-corrected chi connectivity index (χ2v) is 4.52. The molecule has 0 heterocycles. The molecule has 0 aliphatic rings. The molecule has 0 saturated heterocycles. The van der Waals surface area contributed by atoms with Gasteiger partial charge in [-0.2, -0.15) is 0 Å². The lowest BCUT2D eigenvalue weighted by atomic mass is 9.96. The summed E-state index contributed by atoms with van der Waals surface area (Å²) in [7, 11) is 0. The maximum atomic E-state index is 10.6. The van der Waals surface area contributed by atoms with E-state index in [-0.39, 0.29) is 18.1 Å². The van der Waals surface area contributed by atoms with E-state index < -0.39 is 5.97 Å². The van der Waals surface area contributed by atoms with Gasteiger partial charge in [0.25, 0.3) is 0 Å². The first kappa shape index (κ1) is 12.0. The predicted octanol–water partition coefficient (Wildman–Crippen LogP) is 3.04. The molecule has 15 heavy (non-hydrogen) atoms. The molecule has 82 valence electrons. The number of hydrogen-bond acceptors (Lipinski definition) is 2. The number of aromatic hydroxyl groups is 1. The molecule has 2 N–H and O–H groups in total. The number of carbonyl (C=O) groups is 1. The van der Waals surface area contributed by atoms with Crippen molar-refractivity contribution in [1.82, 2.24) is 0 Å². The number of carboxylic acid groups (broad SMARTS) is 1. The molecule has 1 atom stereocenters. The molecule has 0 aromatic heterocycles. The van der Waals surface area contributed by atoms with Gasteiger partial charge in [0, 0.05) is 0 Å². The predicted molar refractivity (Wildman–Crippen MR) is 61.2 cm³/mol.